The van der Waals surface area contributed by atoms with Gasteiger partial charge in [-0.25, -0.2) is 0 Å². The second-order valence-corrected chi connectivity index (χ2v) is 5.62. The van der Waals surface area contributed by atoms with E-state index >= 15 is 0 Å². The maximum Gasteiger partial charge on any atom is 0.0617 e. The van der Waals surface area contributed by atoms with Crippen LogP contribution in [0.4, 0.5) is 0 Å². The van der Waals surface area contributed by atoms with Gasteiger partial charge in [0.1, 0.15) is 0 Å². The Kier molecular flexibility index (Phi) is 7.50. The molecule has 0 radical (unpaired) electrons. The topological polar surface area (TPSA) is 20.2 Å². The van der Waals surface area contributed by atoms with Gasteiger partial charge in [0.2, 0.25) is 0 Å². The summed E-state index contributed by atoms with van der Waals surface area (Å²) in [7, 11) is 0. The van der Waals surface area contributed by atoms with Gasteiger partial charge in [0.15, 0.2) is 0 Å². The molecule has 1 heteroatoms. The molecular formula is C18H28O. The highest BCUT2D eigenvalue weighted by Crippen LogP contribution is 2.25. The zero-order valence-corrected chi connectivity index (χ0v) is 12.7. The lowest BCUT2D eigenvalue weighted by Gasteiger charge is -2.15. The number of allylic oxidation sites excluding steroid dienone is 7. The summed E-state index contributed by atoms with van der Waals surface area (Å²) in [6.07, 6.45) is 17.1. The van der Waals surface area contributed by atoms with E-state index in [0.29, 0.717) is 5.92 Å². The fourth-order valence-corrected chi connectivity index (χ4v) is 2.34. The number of hydrogen-bond acceptors (Lipinski definition) is 1. The van der Waals surface area contributed by atoms with Crippen LogP contribution < -0.4 is 0 Å². The van der Waals surface area contributed by atoms with Crippen molar-refractivity contribution in [2.24, 2.45) is 5.92 Å². The zero-order chi connectivity index (χ0) is 14.1. The molecule has 1 aliphatic rings. The van der Waals surface area contributed by atoms with Crippen LogP contribution in [0.5, 0.6) is 0 Å². The molecule has 0 aromatic carbocycles. The van der Waals surface area contributed by atoms with Crippen molar-refractivity contribution < 1.29 is 5.11 Å². The Morgan fingerprint density at radius 2 is 2.05 bits per heavy atom. The predicted octanol–water partition coefficient (Wildman–Crippen LogP) is 4.95. The largest absolute Gasteiger partial charge is 0.392 e. The normalized spacial score (nSPS) is 19.7. The van der Waals surface area contributed by atoms with Crippen LogP contribution in [0.2, 0.25) is 0 Å². The Bertz CT molecular complexity index is 382. The van der Waals surface area contributed by atoms with Crippen molar-refractivity contribution in [1.29, 1.82) is 0 Å². The van der Waals surface area contributed by atoms with Crippen LogP contribution in [0, 0.1) is 5.92 Å². The average Bonchev–Trinajstić information content (AvgIpc) is 2.38. The Morgan fingerprint density at radius 1 is 1.32 bits per heavy atom. The van der Waals surface area contributed by atoms with Crippen molar-refractivity contribution in [3.63, 3.8) is 0 Å². The van der Waals surface area contributed by atoms with Gasteiger partial charge >= 0.3 is 0 Å². The molecule has 0 amide bonds. The van der Waals surface area contributed by atoms with Crippen LogP contribution in [0.1, 0.15) is 52.9 Å². The highest BCUT2D eigenvalue weighted by molar-refractivity contribution is 5.27. The molecule has 19 heavy (non-hydrogen) atoms. The van der Waals surface area contributed by atoms with Crippen molar-refractivity contribution in [3.8, 4) is 0 Å². The van der Waals surface area contributed by atoms with Crippen molar-refractivity contribution in [2.45, 2.75) is 52.9 Å². The predicted molar refractivity (Wildman–Crippen MR) is 84.1 cm³/mol. The molecule has 1 nitrogen and oxygen atoms in total. The summed E-state index contributed by atoms with van der Waals surface area (Å²) in [5.74, 6) is 0.570. The fourth-order valence-electron chi connectivity index (χ4n) is 2.34. The molecule has 0 bridgehead atoms. The molecule has 1 N–H and O–H groups in total. The van der Waals surface area contributed by atoms with E-state index in [2.05, 4.69) is 38.2 Å². The summed E-state index contributed by atoms with van der Waals surface area (Å²) in [6, 6.07) is 0. The molecule has 106 valence electrons. The third-order valence-corrected chi connectivity index (χ3v) is 3.72. The molecule has 1 unspecified atom stereocenters. The fraction of sp³-hybridized carbons (Fsp3) is 0.556. The van der Waals surface area contributed by atoms with E-state index in [9.17, 15) is 0 Å². The van der Waals surface area contributed by atoms with Gasteiger partial charge in [-0.15, -0.1) is 0 Å². The minimum Gasteiger partial charge on any atom is -0.392 e. The first-order valence-corrected chi connectivity index (χ1v) is 7.44. The van der Waals surface area contributed by atoms with Crippen molar-refractivity contribution in [1.82, 2.24) is 0 Å². The molecule has 0 heterocycles. The van der Waals surface area contributed by atoms with Crippen molar-refractivity contribution in [2.75, 3.05) is 6.61 Å². The summed E-state index contributed by atoms with van der Waals surface area (Å²) < 4.78 is 0. The Morgan fingerprint density at radius 3 is 2.74 bits per heavy atom. The first-order chi connectivity index (χ1) is 9.13. The first-order valence-electron chi connectivity index (χ1n) is 7.44. The quantitative estimate of drug-likeness (QED) is 0.670. The van der Waals surface area contributed by atoms with Gasteiger partial charge in [-0.05, 0) is 57.4 Å². The lowest BCUT2D eigenvalue weighted by Crippen LogP contribution is -1.95. The minimum atomic E-state index is 0.124. The van der Waals surface area contributed by atoms with Gasteiger partial charge in [-0.3, -0.25) is 0 Å². The lowest BCUT2D eigenvalue weighted by atomic mass is 9.91. The second kappa shape index (κ2) is 8.92. The van der Waals surface area contributed by atoms with E-state index in [4.69, 9.17) is 5.11 Å². The van der Waals surface area contributed by atoms with E-state index < -0.39 is 0 Å². The first kappa shape index (κ1) is 16.0. The zero-order valence-electron chi connectivity index (χ0n) is 12.7. The van der Waals surface area contributed by atoms with Crippen LogP contribution in [0.3, 0.4) is 0 Å². The van der Waals surface area contributed by atoms with Gasteiger partial charge in [-0.1, -0.05) is 48.5 Å². The second-order valence-electron chi connectivity index (χ2n) is 5.62. The Hall–Kier alpha value is -1.08. The molecule has 1 rings (SSSR count). The molecule has 0 aromatic rings. The standard InChI is InChI=1S/C18H28O/c1-15(7-6-8-16(2)13-14-19)11-12-18-10-5-4-9-17(18)3/h6,8,11-13,15,19H,4-5,7,9-10,14H2,1-3H3/b8-6+,12-11+,16-13+. The number of rotatable bonds is 6. The van der Waals surface area contributed by atoms with Crippen LogP contribution >= 0.6 is 0 Å². The number of aliphatic hydroxyl groups is 1. The minimum absolute atomic E-state index is 0.124. The Labute approximate surface area is 118 Å². The monoisotopic (exact) mass is 260 g/mol. The lowest BCUT2D eigenvalue weighted by molar-refractivity contribution is 0.342. The van der Waals surface area contributed by atoms with E-state index in [0.717, 1.165) is 12.0 Å². The van der Waals surface area contributed by atoms with E-state index in [1.54, 1.807) is 11.1 Å². The molecule has 0 spiro atoms. The third kappa shape index (κ3) is 6.58. The van der Waals surface area contributed by atoms with Crippen LogP contribution in [0.15, 0.2) is 47.1 Å². The van der Waals surface area contributed by atoms with Crippen molar-refractivity contribution >= 4 is 0 Å². The van der Waals surface area contributed by atoms with Gasteiger partial charge in [0, 0.05) is 0 Å². The van der Waals surface area contributed by atoms with Crippen molar-refractivity contribution in [3.05, 3.63) is 47.1 Å². The molecule has 0 aromatic heterocycles. The van der Waals surface area contributed by atoms with Crippen LogP contribution in [-0.2, 0) is 0 Å². The molecule has 1 aliphatic carbocycles. The van der Waals surface area contributed by atoms with Gasteiger partial charge < -0.3 is 5.11 Å². The maximum atomic E-state index is 8.77. The number of hydrogen-bond donors (Lipinski definition) is 1. The SMILES string of the molecule is CC1=C(/C=C/C(C)C/C=C/C(C)=C/CO)CCCC1. The summed E-state index contributed by atoms with van der Waals surface area (Å²) in [5, 5.41) is 8.77. The number of aliphatic hydroxyl groups excluding tert-OH is 1. The van der Waals surface area contributed by atoms with Gasteiger partial charge in [-0.2, -0.15) is 0 Å². The van der Waals surface area contributed by atoms with E-state index in [-0.39, 0.29) is 6.61 Å². The third-order valence-electron chi connectivity index (χ3n) is 3.72. The molecular weight excluding hydrogens is 232 g/mol. The molecule has 0 aliphatic heterocycles. The van der Waals surface area contributed by atoms with E-state index in [1.165, 1.54) is 25.7 Å². The summed E-state index contributed by atoms with van der Waals surface area (Å²) in [5.41, 5.74) is 4.26. The summed E-state index contributed by atoms with van der Waals surface area (Å²) in [6.45, 7) is 6.67. The van der Waals surface area contributed by atoms with Gasteiger partial charge in [0.05, 0.1) is 6.61 Å². The van der Waals surface area contributed by atoms with Crippen LogP contribution in [0.25, 0.3) is 0 Å². The highest BCUT2D eigenvalue weighted by atomic mass is 16.2. The van der Waals surface area contributed by atoms with Crippen LogP contribution in [-0.4, -0.2) is 11.7 Å². The highest BCUT2D eigenvalue weighted by Gasteiger charge is 2.06. The summed E-state index contributed by atoms with van der Waals surface area (Å²) >= 11 is 0. The molecule has 1 atom stereocenters. The van der Waals surface area contributed by atoms with Gasteiger partial charge in [0.25, 0.3) is 0 Å². The van der Waals surface area contributed by atoms with E-state index in [1.807, 2.05) is 13.0 Å². The Balaban J connectivity index is 2.42. The maximum absolute atomic E-state index is 8.77. The summed E-state index contributed by atoms with van der Waals surface area (Å²) in [4.78, 5) is 0. The molecule has 0 saturated heterocycles. The average molecular weight is 260 g/mol. The molecule has 0 saturated carbocycles. The smallest absolute Gasteiger partial charge is 0.0617 e. The molecule has 0 fully saturated rings.